The van der Waals surface area contributed by atoms with Crippen molar-refractivity contribution in [2.24, 2.45) is 11.7 Å². The first kappa shape index (κ1) is 11.7. The Kier molecular flexibility index (Phi) is 3.33. The minimum absolute atomic E-state index is 0.142. The Morgan fingerprint density at radius 1 is 1.17 bits per heavy atom. The van der Waals surface area contributed by atoms with Gasteiger partial charge in [-0.1, -0.05) is 31.7 Å². The van der Waals surface area contributed by atoms with E-state index in [-0.39, 0.29) is 6.04 Å². The molecule has 0 radical (unpaired) electrons. The van der Waals surface area contributed by atoms with E-state index in [4.69, 9.17) is 5.73 Å². The third-order valence-corrected chi connectivity index (χ3v) is 4.22. The van der Waals surface area contributed by atoms with Gasteiger partial charge in [0, 0.05) is 17.8 Å². The van der Waals surface area contributed by atoms with Crippen molar-refractivity contribution >= 4 is 5.52 Å². The number of aromatic nitrogens is 2. The van der Waals surface area contributed by atoms with Crippen molar-refractivity contribution in [1.29, 1.82) is 0 Å². The minimum Gasteiger partial charge on any atom is -0.324 e. The molecule has 18 heavy (non-hydrogen) atoms. The number of nitrogens with two attached hydrogens (primary N) is 1. The van der Waals surface area contributed by atoms with Gasteiger partial charge in [0.05, 0.1) is 11.7 Å². The summed E-state index contributed by atoms with van der Waals surface area (Å²) in [6.45, 7) is 0. The number of fused-ring (bicyclic) bond motifs is 1. The van der Waals surface area contributed by atoms with Crippen molar-refractivity contribution in [3.05, 3.63) is 36.2 Å². The minimum atomic E-state index is 0.142. The average Bonchev–Trinajstić information content (AvgIpc) is 2.65. The highest BCUT2D eigenvalue weighted by Gasteiger charge is 2.23. The molecule has 3 rings (SSSR count). The summed E-state index contributed by atoms with van der Waals surface area (Å²) in [5, 5.41) is 4.39. The third kappa shape index (κ3) is 2.15. The van der Waals surface area contributed by atoms with Gasteiger partial charge in [0.25, 0.3) is 0 Å². The van der Waals surface area contributed by atoms with Crippen LogP contribution in [0.2, 0.25) is 0 Å². The molecule has 1 unspecified atom stereocenters. The van der Waals surface area contributed by atoms with Crippen LogP contribution in [0.5, 0.6) is 0 Å². The van der Waals surface area contributed by atoms with Crippen molar-refractivity contribution in [2.45, 2.75) is 44.6 Å². The van der Waals surface area contributed by atoms with Crippen LogP contribution in [0, 0.1) is 5.92 Å². The smallest absolute Gasteiger partial charge is 0.0709 e. The van der Waals surface area contributed by atoms with Crippen molar-refractivity contribution in [2.75, 3.05) is 0 Å². The average molecular weight is 243 g/mol. The van der Waals surface area contributed by atoms with Crippen molar-refractivity contribution in [1.82, 2.24) is 9.61 Å². The van der Waals surface area contributed by atoms with E-state index >= 15 is 0 Å². The monoisotopic (exact) mass is 243 g/mol. The maximum absolute atomic E-state index is 6.50. The van der Waals surface area contributed by atoms with E-state index in [1.165, 1.54) is 44.1 Å². The van der Waals surface area contributed by atoms with Gasteiger partial charge < -0.3 is 5.73 Å². The fraction of sp³-hybridized carbons (Fsp3) is 0.533. The standard InChI is InChI=1S/C15H21N3/c16-15(12-7-3-1-2-4-8-12)13-11-17-18-10-6-5-9-14(13)18/h5-6,9-12,15H,1-4,7-8,16H2. The first-order valence-electron chi connectivity index (χ1n) is 7.04. The lowest BCUT2D eigenvalue weighted by molar-refractivity contribution is 0.384. The summed E-state index contributed by atoms with van der Waals surface area (Å²) in [4.78, 5) is 0. The summed E-state index contributed by atoms with van der Waals surface area (Å²) in [6.07, 6.45) is 11.9. The Hall–Kier alpha value is -1.35. The predicted octanol–water partition coefficient (Wildman–Crippen LogP) is 3.30. The van der Waals surface area contributed by atoms with E-state index in [0.29, 0.717) is 5.92 Å². The van der Waals surface area contributed by atoms with Crippen LogP contribution in [-0.4, -0.2) is 9.61 Å². The summed E-state index contributed by atoms with van der Waals surface area (Å²) in [5.41, 5.74) is 8.87. The highest BCUT2D eigenvalue weighted by molar-refractivity contribution is 5.54. The number of nitrogens with zero attached hydrogens (tertiary/aromatic N) is 2. The normalized spacial score (nSPS) is 19.8. The molecule has 1 fully saturated rings. The molecule has 3 nitrogen and oxygen atoms in total. The molecule has 0 saturated heterocycles. The van der Waals surface area contributed by atoms with E-state index < -0.39 is 0 Å². The Bertz CT molecular complexity index is 509. The first-order valence-corrected chi connectivity index (χ1v) is 7.04. The van der Waals surface area contributed by atoms with Gasteiger partial charge in [0.2, 0.25) is 0 Å². The topological polar surface area (TPSA) is 43.3 Å². The summed E-state index contributed by atoms with van der Waals surface area (Å²) >= 11 is 0. The van der Waals surface area contributed by atoms with Crippen LogP contribution in [0.25, 0.3) is 5.52 Å². The molecule has 1 aliphatic carbocycles. The molecule has 3 heteroatoms. The van der Waals surface area contributed by atoms with Crippen LogP contribution in [0.4, 0.5) is 0 Å². The lowest BCUT2D eigenvalue weighted by atomic mass is 9.88. The molecule has 0 amide bonds. The molecule has 2 N–H and O–H groups in total. The van der Waals surface area contributed by atoms with Gasteiger partial charge in [0.15, 0.2) is 0 Å². The lowest BCUT2D eigenvalue weighted by Crippen LogP contribution is -2.20. The number of rotatable bonds is 2. The van der Waals surface area contributed by atoms with E-state index in [0.717, 1.165) is 5.52 Å². The summed E-state index contributed by atoms with van der Waals surface area (Å²) in [6, 6.07) is 6.31. The second-order valence-electron chi connectivity index (χ2n) is 5.41. The predicted molar refractivity (Wildman–Crippen MR) is 73.3 cm³/mol. The van der Waals surface area contributed by atoms with Crippen molar-refractivity contribution in [3.63, 3.8) is 0 Å². The zero-order valence-corrected chi connectivity index (χ0v) is 10.8. The molecule has 2 aromatic rings. The van der Waals surface area contributed by atoms with E-state index in [2.05, 4.69) is 17.2 Å². The van der Waals surface area contributed by atoms with Crippen molar-refractivity contribution < 1.29 is 0 Å². The first-order chi connectivity index (χ1) is 8.86. The third-order valence-electron chi connectivity index (χ3n) is 4.22. The van der Waals surface area contributed by atoms with Crippen molar-refractivity contribution in [3.8, 4) is 0 Å². The van der Waals surface area contributed by atoms with Crippen LogP contribution in [0.1, 0.15) is 50.1 Å². The Morgan fingerprint density at radius 2 is 1.94 bits per heavy atom. The van der Waals surface area contributed by atoms with Gasteiger partial charge >= 0.3 is 0 Å². The molecule has 0 bridgehead atoms. The molecule has 1 saturated carbocycles. The Balaban J connectivity index is 1.88. The van der Waals surface area contributed by atoms with Gasteiger partial charge in [-0.2, -0.15) is 5.10 Å². The second kappa shape index (κ2) is 5.11. The Labute approximate surface area is 108 Å². The van der Waals surface area contributed by atoms with Gasteiger partial charge in [-0.25, -0.2) is 4.52 Å². The van der Waals surface area contributed by atoms with E-state index in [1.807, 2.05) is 23.0 Å². The van der Waals surface area contributed by atoms with Crippen LogP contribution in [0.15, 0.2) is 30.6 Å². The molecular weight excluding hydrogens is 222 g/mol. The lowest BCUT2D eigenvalue weighted by Gasteiger charge is -2.21. The van der Waals surface area contributed by atoms with Crippen LogP contribution in [-0.2, 0) is 0 Å². The molecule has 96 valence electrons. The zero-order chi connectivity index (χ0) is 12.4. The maximum atomic E-state index is 6.50. The summed E-state index contributed by atoms with van der Waals surface area (Å²) < 4.78 is 1.92. The number of pyridine rings is 1. The van der Waals surface area contributed by atoms with Gasteiger partial charge in [-0.15, -0.1) is 0 Å². The maximum Gasteiger partial charge on any atom is 0.0709 e. The highest BCUT2D eigenvalue weighted by Crippen LogP contribution is 2.33. The quantitative estimate of drug-likeness (QED) is 0.822. The van der Waals surface area contributed by atoms with Crippen LogP contribution >= 0.6 is 0 Å². The van der Waals surface area contributed by atoms with E-state index in [1.54, 1.807) is 0 Å². The van der Waals surface area contributed by atoms with Gasteiger partial charge in [-0.05, 0) is 30.9 Å². The molecular formula is C15H21N3. The zero-order valence-electron chi connectivity index (χ0n) is 10.8. The van der Waals surface area contributed by atoms with Gasteiger partial charge in [-0.3, -0.25) is 0 Å². The molecule has 2 heterocycles. The summed E-state index contributed by atoms with van der Waals surface area (Å²) in [7, 11) is 0. The Morgan fingerprint density at radius 3 is 2.72 bits per heavy atom. The molecule has 0 aliphatic heterocycles. The molecule has 0 spiro atoms. The molecule has 1 atom stereocenters. The molecule has 2 aromatic heterocycles. The molecule has 1 aliphatic rings. The van der Waals surface area contributed by atoms with Crippen LogP contribution < -0.4 is 5.73 Å². The van der Waals surface area contributed by atoms with Crippen LogP contribution in [0.3, 0.4) is 0 Å². The number of hydrogen-bond acceptors (Lipinski definition) is 2. The largest absolute Gasteiger partial charge is 0.324 e. The highest BCUT2D eigenvalue weighted by atomic mass is 15.2. The summed E-state index contributed by atoms with van der Waals surface area (Å²) in [5.74, 6) is 0.626. The van der Waals surface area contributed by atoms with Gasteiger partial charge in [0.1, 0.15) is 0 Å². The van der Waals surface area contributed by atoms with E-state index in [9.17, 15) is 0 Å². The SMILES string of the molecule is NC(c1cnn2ccccc12)C1CCCCCC1. The fourth-order valence-corrected chi connectivity index (χ4v) is 3.14. The number of hydrogen-bond donors (Lipinski definition) is 1. The second-order valence-corrected chi connectivity index (χ2v) is 5.41. The molecule has 0 aromatic carbocycles. The fourth-order valence-electron chi connectivity index (χ4n) is 3.14.